The molecular weight excluding hydrogens is 212 g/mol. The molecule has 1 heterocycles. The molecule has 0 bridgehead atoms. The number of carbonyl (C=O) groups is 1. The molecule has 3 heteroatoms. The number of carbonyl (C=O) groups excluding carboxylic acids is 1. The Balaban J connectivity index is 1.55. The Labute approximate surface area is 104 Å². The second kappa shape index (κ2) is 6.80. The first kappa shape index (κ1) is 12.6. The zero-order chi connectivity index (χ0) is 11.9. The molecule has 1 amide bonds. The van der Waals surface area contributed by atoms with Crippen molar-refractivity contribution in [2.75, 3.05) is 19.6 Å². The summed E-state index contributed by atoms with van der Waals surface area (Å²) in [7, 11) is 0. The molecule has 96 valence electrons. The van der Waals surface area contributed by atoms with E-state index in [1.807, 2.05) is 0 Å². The molecule has 3 nitrogen and oxygen atoms in total. The first-order chi connectivity index (χ1) is 8.34. The van der Waals surface area contributed by atoms with Crippen molar-refractivity contribution in [3.8, 4) is 0 Å². The van der Waals surface area contributed by atoms with Crippen molar-refractivity contribution in [2.45, 2.75) is 38.5 Å². The van der Waals surface area contributed by atoms with Crippen LogP contribution in [0, 0.1) is 11.8 Å². The number of allylic oxidation sites excluding steroid dienone is 2. The van der Waals surface area contributed by atoms with Gasteiger partial charge in [0.25, 0.3) is 0 Å². The van der Waals surface area contributed by atoms with Crippen LogP contribution >= 0.6 is 0 Å². The van der Waals surface area contributed by atoms with Crippen molar-refractivity contribution in [3.05, 3.63) is 12.2 Å². The number of amides is 1. The standard InChI is InChI=1S/C14H24N2O/c17-14(7-6-13-8-9-15-10-13)16-11-12-4-2-1-3-5-12/h1-2,12-13,15H,3-11H2,(H,16,17). The maximum absolute atomic E-state index is 11.7. The smallest absolute Gasteiger partial charge is 0.220 e. The largest absolute Gasteiger partial charge is 0.356 e. The van der Waals surface area contributed by atoms with Crippen LogP contribution in [0.3, 0.4) is 0 Å². The van der Waals surface area contributed by atoms with E-state index in [9.17, 15) is 4.79 Å². The van der Waals surface area contributed by atoms with Gasteiger partial charge in [0.05, 0.1) is 0 Å². The number of hydrogen-bond acceptors (Lipinski definition) is 2. The van der Waals surface area contributed by atoms with E-state index >= 15 is 0 Å². The van der Waals surface area contributed by atoms with Crippen molar-refractivity contribution in [1.82, 2.24) is 10.6 Å². The van der Waals surface area contributed by atoms with E-state index in [0.717, 1.165) is 38.4 Å². The monoisotopic (exact) mass is 236 g/mol. The highest BCUT2D eigenvalue weighted by Crippen LogP contribution is 2.17. The van der Waals surface area contributed by atoms with Gasteiger partial charge in [0.1, 0.15) is 0 Å². The summed E-state index contributed by atoms with van der Waals surface area (Å²) in [6.45, 7) is 3.09. The summed E-state index contributed by atoms with van der Waals surface area (Å²) in [4.78, 5) is 11.7. The van der Waals surface area contributed by atoms with Crippen LogP contribution < -0.4 is 10.6 Å². The van der Waals surface area contributed by atoms with Crippen molar-refractivity contribution in [3.63, 3.8) is 0 Å². The Hall–Kier alpha value is -0.830. The van der Waals surface area contributed by atoms with Gasteiger partial charge in [0.15, 0.2) is 0 Å². The van der Waals surface area contributed by atoms with Crippen molar-refractivity contribution >= 4 is 5.91 Å². The summed E-state index contributed by atoms with van der Waals surface area (Å²) >= 11 is 0. The maximum Gasteiger partial charge on any atom is 0.220 e. The van der Waals surface area contributed by atoms with E-state index in [0.29, 0.717) is 12.3 Å². The van der Waals surface area contributed by atoms with Crippen LogP contribution in [-0.2, 0) is 4.79 Å². The summed E-state index contributed by atoms with van der Waals surface area (Å²) in [5.41, 5.74) is 0. The van der Waals surface area contributed by atoms with E-state index in [1.165, 1.54) is 19.3 Å². The molecule has 0 aromatic rings. The Morgan fingerprint density at radius 2 is 2.24 bits per heavy atom. The summed E-state index contributed by atoms with van der Waals surface area (Å²) in [6, 6.07) is 0. The van der Waals surface area contributed by atoms with Crippen molar-refractivity contribution in [2.24, 2.45) is 11.8 Å². The third-order valence-corrected chi connectivity index (χ3v) is 3.91. The summed E-state index contributed by atoms with van der Waals surface area (Å²) < 4.78 is 0. The fourth-order valence-corrected chi connectivity index (χ4v) is 2.68. The normalized spacial score (nSPS) is 28.2. The quantitative estimate of drug-likeness (QED) is 0.715. The Bertz CT molecular complexity index is 269. The topological polar surface area (TPSA) is 41.1 Å². The van der Waals surface area contributed by atoms with E-state index in [1.54, 1.807) is 0 Å². The van der Waals surface area contributed by atoms with Gasteiger partial charge in [-0.3, -0.25) is 4.79 Å². The van der Waals surface area contributed by atoms with Gasteiger partial charge in [-0.05, 0) is 57.0 Å². The Morgan fingerprint density at radius 1 is 1.29 bits per heavy atom. The molecule has 1 aliphatic heterocycles. The Morgan fingerprint density at radius 3 is 2.94 bits per heavy atom. The van der Waals surface area contributed by atoms with Crippen molar-refractivity contribution in [1.29, 1.82) is 0 Å². The number of nitrogens with one attached hydrogen (secondary N) is 2. The highest BCUT2D eigenvalue weighted by atomic mass is 16.1. The molecule has 2 atom stereocenters. The molecule has 1 fully saturated rings. The zero-order valence-electron chi connectivity index (χ0n) is 10.6. The van der Waals surface area contributed by atoms with Crippen LogP contribution in [0.1, 0.15) is 38.5 Å². The summed E-state index contributed by atoms with van der Waals surface area (Å²) in [5, 5.41) is 6.42. The lowest BCUT2D eigenvalue weighted by Gasteiger charge is -2.18. The molecule has 1 aliphatic carbocycles. The lowest BCUT2D eigenvalue weighted by Crippen LogP contribution is -2.30. The zero-order valence-corrected chi connectivity index (χ0v) is 10.6. The molecule has 1 saturated heterocycles. The highest BCUT2D eigenvalue weighted by molar-refractivity contribution is 5.75. The second-order valence-corrected chi connectivity index (χ2v) is 5.35. The van der Waals surface area contributed by atoms with Gasteiger partial charge in [-0.2, -0.15) is 0 Å². The van der Waals surface area contributed by atoms with Crippen LogP contribution in [0.5, 0.6) is 0 Å². The van der Waals surface area contributed by atoms with Crippen LogP contribution in [0.4, 0.5) is 0 Å². The van der Waals surface area contributed by atoms with E-state index in [-0.39, 0.29) is 5.91 Å². The predicted molar refractivity (Wildman–Crippen MR) is 69.7 cm³/mol. The van der Waals surface area contributed by atoms with Gasteiger partial charge in [0, 0.05) is 13.0 Å². The number of hydrogen-bond donors (Lipinski definition) is 2. The van der Waals surface area contributed by atoms with Crippen LogP contribution in [0.25, 0.3) is 0 Å². The Kier molecular flexibility index (Phi) is 5.05. The minimum Gasteiger partial charge on any atom is -0.356 e. The number of rotatable bonds is 5. The van der Waals surface area contributed by atoms with Gasteiger partial charge in [-0.25, -0.2) is 0 Å². The molecule has 0 saturated carbocycles. The maximum atomic E-state index is 11.7. The van der Waals surface area contributed by atoms with Crippen LogP contribution in [0.2, 0.25) is 0 Å². The van der Waals surface area contributed by atoms with Gasteiger partial charge in [-0.1, -0.05) is 12.2 Å². The molecule has 0 aromatic carbocycles. The molecule has 17 heavy (non-hydrogen) atoms. The van der Waals surface area contributed by atoms with Gasteiger partial charge >= 0.3 is 0 Å². The molecule has 2 aliphatic rings. The molecule has 2 rings (SSSR count). The third-order valence-electron chi connectivity index (χ3n) is 3.91. The van der Waals surface area contributed by atoms with Gasteiger partial charge in [-0.15, -0.1) is 0 Å². The average molecular weight is 236 g/mol. The van der Waals surface area contributed by atoms with E-state index in [4.69, 9.17) is 0 Å². The predicted octanol–water partition coefficient (Wildman–Crippen LogP) is 1.85. The van der Waals surface area contributed by atoms with Crippen molar-refractivity contribution < 1.29 is 4.79 Å². The molecule has 0 aromatic heterocycles. The molecule has 2 unspecified atom stereocenters. The minimum atomic E-state index is 0.242. The SMILES string of the molecule is O=C(CCC1CCNC1)NCC1CC=CCC1. The van der Waals surface area contributed by atoms with Crippen LogP contribution in [-0.4, -0.2) is 25.5 Å². The van der Waals surface area contributed by atoms with Gasteiger partial charge in [0.2, 0.25) is 5.91 Å². The molecule has 2 N–H and O–H groups in total. The molecule has 0 radical (unpaired) electrons. The van der Waals surface area contributed by atoms with Gasteiger partial charge < -0.3 is 10.6 Å². The summed E-state index contributed by atoms with van der Waals surface area (Å²) in [5.74, 6) is 1.63. The fourth-order valence-electron chi connectivity index (χ4n) is 2.68. The third kappa shape index (κ3) is 4.50. The lowest BCUT2D eigenvalue weighted by atomic mass is 9.94. The first-order valence-corrected chi connectivity index (χ1v) is 6.97. The van der Waals surface area contributed by atoms with Crippen LogP contribution in [0.15, 0.2) is 12.2 Å². The van der Waals surface area contributed by atoms with E-state index < -0.39 is 0 Å². The molecular formula is C14H24N2O. The first-order valence-electron chi connectivity index (χ1n) is 6.97. The lowest BCUT2D eigenvalue weighted by molar-refractivity contribution is -0.121. The fraction of sp³-hybridized carbons (Fsp3) is 0.786. The summed E-state index contributed by atoms with van der Waals surface area (Å²) in [6.07, 6.45) is 11.0. The highest BCUT2D eigenvalue weighted by Gasteiger charge is 2.16. The van der Waals surface area contributed by atoms with E-state index in [2.05, 4.69) is 22.8 Å². The second-order valence-electron chi connectivity index (χ2n) is 5.35. The minimum absolute atomic E-state index is 0.242. The molecule has 0 spiro atoms. The average Bonchev–Trinajstić information content (AvgIpc) is 2.88.